The van der Waals surface area contributed by atoms with Crippen LogP contribution in [-0.4, -0.2) is 53.8 Å². The molecule has 1 unspecified atom stereocenters. The summed E-state index contributed by atoms with van der Waals surface area (Å²) in [6.45, 7) is 3.43. The maximum absolute atomic E-state index is 12.2. The number of amides is 3. The zero-order chi connectivity index (χ0) is 19.7. The van der Waals surface area contributed by atoms with Crippen LogP contribution in [0.1, 0.15) is 13.3 Å². The molecule has 148 valence electrons. The molecule has 2 aliphatic rings. The molecule has 2 aromatic rings. The number of benzene rings is 1. The van der Waals surface area contributed by atoms with E-state index in [1.165, 1.54) is 23.1 Å². The van der Waals surface area contributed by atoms with E-state index in [2.05, 4.69) is 20.9 Å². The van der Waals surface area contributed by atoms with Crippen LogP contribution in [0.15, 0.2) is 22.5 Å². The van der Waals surface area contributed by atoms with Crippen LogP contribution in [-0.2, 0) is 19.1 Å². The first kappa shape index (κ1) is 19.2. The van der Waals surface area contributed by atoms with Gasteiger partial charge < -0.3 is 20.7 Å². The number of fused-ring (bicyclic) bond motifs is 1. The average molecular weight is 421 g/mol. The highest BCUT2D eigenvalue weighted by atomic mass is 32.2. The van der Waals surface area contributed by atoms with Crippen LogP contribution < -0.4 is 16.0 Å². The van der Waals surface area contributed by atoms with Gasteiger partial charge in [-0.3, -0.25) is 14.4 Å². The van der Waals surface area contributed by atoms with Gasteiger partial charge in [-0.15, -0.1) is 11.3 Å². The molecule has 1 aromatic heterocycles. The fraction of sp³-hybridized carbons (Fsp3) is 0.444. The Morgan fingerprint density at radius 2 is 2.25 bits per heavy atom. The number of ether oxygens (including phenoxy) is 1. The number of aromatic nitrogens is 1. The highest BCUT2D eigenvalue weighted by Gasteiger charge is 2.34. The van der Waals surface area contributed by atoms with E-state index in [4.69, 9.17) is 4.74 Å². The monoisotopic (exact) mass is 420 g/mol. The van der Waals surface area contributed by atoms with Crippen LogP contribution in [0.4, 0.5) is 5.69 Å². The van der Waals surface area contributed by atoms with Crippen molar-refractivity contribution >= 4 is 56.7 Å². The molecule has 8 nitrogen and oxygen atoms in total. The number of hydrogen-bond donors (Lipinski definition) is 3. The van der Waals surface area contributed by atoms with Gasteiger partial charge in [0, 0.05) is 18.7 Å². The summed E-state index contributed by atoms with van der Waals surface area (Å²) in [4.78, 5) is 40.1. The number of carbonyl (C=O) groups excluding carboxylic acids is 3. The van der Waals surface area contributed by atoms with Crippen molar-refractivity contribution in [1.29, 1.82) is 0 Å². The lowest BCUT2D eigenvalue weighted by Gasteiger charge is -2.38. The minimum Gasteiger partial charge on any atom is -0.376 e. The number of anilines is 1. The third kappa shape index (κ3) is 4.29. The first-order valence-corrected chi connectivity index (χ1v) is 10.7. The minimum atomic E-state index is -0.336. The highest BCUT2D eigenvalue weighted by molar-refractivity contribution is 8.01. The van der Waals surface area contributed by atoms with Gasteiger partial charge in [-0.25, -0.2) is 4.98 Å². The highest BCUT2D eigenvalue weighted by Crippen LogP contribution is 2.31. The zero-order valence-corrected chi connectivity index (χ0v) is 16.9. The van der Waals surface area contributed by atoms with Gasteiger partial charge in [-0.1, -0.05) is 11.8 Å². The van der Waals surface area contributed by atoms with Crippen LogP contribution in [0.5, 0.6) is 0 Å². The topological polar surface area (TPSA) is 109 Å². The summed E-state index contributed by atoms with van der Waals surface area (Å²) in [6, 6.07) is 5.51. The second-order valence-corrected chi connectivity index (χ2v) is 9.50. The summed E-state index contributed by atoms with van der Waals surface area (Å²) in [7, 11) is 0. The standard InChI is InChI=1S/C18H20N4O4S2/c1-18(8-26-9-18)22-15(24)7-27-17-21-12-3-2-11(5-13(12)28-17)20-16(25)10-4-14(23)19-6-10/h2-3,5,10H,4,6-9H2,1H3,(H,19,23)(H,20,25)(H,22,24). The Morgan fingerprint density at radius 3 is 2.93 bits per heavy atom. The van der Waals surface area contributed by atoms with Gasteiger partial charge in [0.1, 0.15) is 0 Å². The summed E-state index contributed by atoms with van der Waals surface area (Å²) in [5.74, 6) is -0.341. The predicted molar refractivity (Wildman–Crippen MR) is 107 cm³/mol. The molecule has 2 saturated heterocycles. The lowest BCUT2D eigenvalue weighted by molar-refractivity contribution is -0.128. The smallest absolute Gasteiger partial charge is 0.231 e. The normalized spacial score (nSPS) is 20.5. The van der Waals surface area contributed by atoms with Crippen LogP contribution in [0.25, 0.3) is 10.2 Å². The molecular formula is C18H20N4O4S2. The first-order chi connectivity index (χ1) is 13.4. The predicted octanol–water partition coefficient (Wildman–Crippen LogP) is 1.37. The Balaban J connectivity index is 1.35. The van der Waals surface area contributed by atoms with Gasteiger partial charge in [0.15, 0.2) is 4.34 Å². The van der Waals surface area contributed by atoms with E-state index < -0.39 is 0 Å². The fourth-order valence-electron chi connectivity index (χ4n) is 3.06. The summed E-state index contributed by atoms with van der Waals surface area (Å²) in [6.07, 6.45) is 0.225. The second-order valence-electron chi connectivity index (χ2n) is 7.25. The van der Waals surface area contributed by atoms with Crippen molar-refractivity contribution in [1.82, 2.24) is 15.6 Å². The quantitative estimate of drug-likeness (QED) is 0.609. The summed E-state index contributed by atoms with van der Waals surface area (Å²) in [5, 5.41) is 8.50. The van der Waals surface area contributed by atoms with Crippen LogP contribution in [0, 0.1) is 5.92 Å². The molecule has 10 heteroatoms. The summed E-state index contributed by atoms with van der Waals surface area (Å²) in [5.41, 5.74) is 1.24. The van der Waals surface area contributed by atoms with Crippen molar-refractivity contribution in [3.8, 4) is 0 Å². The lowest BCUT2D eigenvalue weighted by Crippen LogP contribution is -2.60. The van der Waals surface area contributed by atoms with Crippen molar-refractivity contribution in [2.24, 2.45) is 5.92 Å². The minimum absolute atomic E-state index is 0.0391. The van der Waals surface area contributed by atoms with Crippen LogP contribution in [0.2, 0.25) is 0 Å². The SMILES string of the molecule is CC1(NC(=O)CSc2nc3ccc(NC(=O)C4CNC(=O)C4)cc3s2)COC1. The van der Waals surface area contributed by atoms with Crippen molar-refractivity contribution in [2.75, 3.05) is 30.8 Å². The molecule has 2 fully saturated rings. The number of carbonyl (C=O) groups is 3. The van der Waals surface area contributed by atoms with Crippen molar-refractivity contribution in [3.63, 3.8) is 0 Å². The molecule has 3 N–H and O–H groups in total. The number of thiazole rings is 1. The molecular weight excluding hydrogens is 400 g/mol. The molecule has 0 aliphatic carbocycles. The molecule has 4 rings (SSSR count). The first-order valence-electron chi connectivity index (χ1n) is 8.90. The summed E-state index contributed by atoms with van der Waals surface area (Å²) >= 11 is 2.87. The number of thioether (sulfide) groups is 1. The zero-order valence-electron chi connectivity index (χ0n) is 15.2. The van der Waals surface area contributed by atoms with Crippen molar-refractivity contribution in [2.45, 2.75) is 23.2 Å². The number of nitrogens with zero attached hydrogens (tertiary/aromatic N) is 1. The van der Waals surface area contributed by atoms with Crippen molar-refractivity contribution < 1.29 is 19.1 Å². The number of hydrogen-bond acceptors (Lipinski definition) is 7. The van der Waals surface area contributed by atoms with Crippen LogP contribution in [0.3, 0.4) is 0 Å². The molecule has 3 heterocycles. The molecule has 0 saturated carbocycles. The van der Waals surface area contributed by atoms with Gasteiger partial charge in [0.05, 0.1) is 40.6 Å². The average Bonchev–Trinajstić information content (AvgIpc) is 3.24. The van der Waals surface area contributed by atoms with Gasteiger partial charge in [-0.2, -0.15) is 0 Å². The Kier molecular flexibility index (Phi) is 5.26. The Hall–Kier alpha value is -2.17. The molecule has 2 aliphatic heterocycles. The van der Waals surface area contributed by atoms with Crippen LogP contribution >= 0.6 is 23.1 Å². The van der Waals surface area contributed by atoms with E-state index in [9.17, 15) is 14.4 Å². The lowest BCUT2D eigenvalue weighted by atomic mass is 10.0. The molecule has 0 bridgehead atoms. The largest absolute Gasteiger partial charge is 0.376 e. The van der Waals surface area contributed by atoms with Gasteiger partial charge in [-0.05, 0) is 25.1 Å². The molecule has 0 spiro atoms. The summed E-state index contributed by atoms with van der Waals surface area (Å²) < 4.78 is 6.87. The van der Waals surface area contributed by atoms with E-state index in [1.807, 2.05) is 19.1 Å². The third-order valence-corrected chi connectivity index (χ3v) is 6.75. The molecule has 3 amide bonds. The Morgan fingerprint density at radius 1 is 1.43 bits per heavy atom. The van der Waals surface area contributed by atoms with Gasteiger partial charge in [0.25, 0.3) is 0 Å². The molecule has 1 atom stereocenters. The van der Waals surface area contributed by atoms with E-state index in [0.717, 1.165) is 14.6 Å². The van der Waals surface area contributed by atoms with Gasteiger partial charge in [0.2, 0.25) is 17.7 Å². The molecule has 1 aromatic carbocycles. The second kappa shape index (κ2) is 7.69. The molecule has 0 radical (unpaired) electrons. The maximum Gasteiger partial charge on any atom is 0.231 e. The number of nitrogens with one attached hydrogen (secondary N) is 3. The fourth-order valence-corrected chi connectivity index (χ4v) is 4.97. The van der Waals surface area contributed by atoms with E-state index in [1.54, 1.807) is 6.07 Å². The maximum atomic E-state index is 12.2. The third-order valence-electron chi connectivity index (χ3n) is 4.59. The van der Waals surface area contributed by atoms with E-state index in [-0.39, 0.29) is 35.6 Å². The Bertz CT molecular complexity index is 941. The Labute approximate surface area is 169 Å². The van der Waals surface area contributed by atoms with E-state index in [0.29, 0.717) is 31.2 Å². The van der Waals surface area contributed by atoms with Crippen molar-refractivity contribution in [3.05, 3.63) is 18.2 Å². The van der Waals surface area contributed by atoms with E-state index >= 15 is 0 Å². The van der Waals surface area contributed by atoms with Gasteiger partial charge >= 0.3 is 0 Å². The number of rotatable bonds is 6. The molecule has 28 heavy (non-hydrogen) atoms.